The van der Waals surface area contributed by atoms with Crippen LogP contribution in [0, 0.1) is 0 Å². The van der Waals surface area contributed by atoms with Crippen LogP contribution in [0.25, 0.3) is 21.3 Å². The van der Waals surface area contributed by atoms with E-state index in [9.17, 15) is 4.79 Å². The van der Waals surface area contributed by atoms with Crippen LogP contribution in [0.1, 0.15) is 26.5 Å². The molecule has 0 atom stereocenters. The first-order chi connectivity index (χ1) is 17.0. The van der Waals surface area contributed by atoms with Crippen molar-refractivity contribution in [1.29, 1.82) is 0 Å². The molecule has 2 aromatic carbocycles. The van der Waals surface area contributed by atoms with E-state index in [2.05, 4.69) is 17.3 Å². The number of hydrogen-bond donors (Lipinski definition) is 2. The Balaban J connectivity index is 1.39. The second-order valence-corrected chi connectivity index (χ2v) is 10.2. The van der Waals surface area contributed by atoms with Gasteiger partial charge in [0.15, 0.2) is 11.5 Å². The Hall–Kier alpha value is -3.33. The normalized spacial score (nSPS) is 14.8. The van der Waals surface area contributed by atoms with Gasteiger partial charge in [-0.2, -0.15) is 0 Å². The fourth-order valence-corrected chi connectivity index (χ4v) is 5.84. The Labute approximate surface area is 211 Å². The maximum absolute atomic E-state index is 13.2. The minimum atomic E-state index is -0.222. The number of thiophene rings is 1. The lowest BCUT2D eigenvalue weighted by atomic mass is 9.92. The third kappa shape index (κ3) is 3.97. The van der Waals surface area contributed by atoms with Crippen LogP contribution in [0.15, 0.2) is 42.5 Å². The summed E-state index contributed by atoms with van der Waals surface area (Å²) in [5.74, 6) is 1.18. The van der Waals surface area contributed by atoms with E-state index in [1.165, 1.54) is 11.3 Å². The van der Waals surface area contributed by atoms with Gasteiger partial charge in [-0.3, -0.25) is 4.79 Å². The van der Waals surface area contributed by atoms with Gasteiger partial charge in [-0.25, -0.2) is 4.98 Å². The number of fused-ring (bicyclic) bond motifs is 3. The van der Waals surface area contributed by atoms with Crippen LogP contribution >= 0.6 is 22.9 Å². The molecule has 4 aromatic rings. The molecule has 6 rings (SSSR count). The van der Waals surface area contributed by atoms with Crippen LogP contribution in [0.4, 0.5) is 5.69 Å². The molecule has 7 nitrogen and oxygen atoms in total. The molecule has 9 heteroatoms. The van der Waals surface area contributed by atoms with Gasteiger partial charge in [0.25, 0.3) is 5.91 Å². The number of benzene rings is 2. The maximum Gasteiger partial charge on any atom is 0.263 e. The third-order valence-electron chi connectivity index (χ3n) is 6.45. The molecule has 4 heterocycles. The molecule has 0 saturated carbocycles. The highest BCUT2D eigenvalue weighted by Gasteiger charge is 2.27. The SMILES string of the molecule is CN1CCc2nc3sc(C(=O)NCc4ccc5c(c4)OCO5)c(N)c3c(-c3ccc(Cl)cc3)c2C1. The zero-order valence-corrected chi connectivity index (χ0v) is 20.6. The minimum Gasteiger partial charge on any atom is -0.454 e. The van der Waals surface area contributed by atoms with E-state index in [1.54, 1.807) is 0 Å². The number of carbonyl (C=O) groups excluding carboxylic acids is 1. The van der Waals surface area contributed by atoms with Gasteiger partial charge >= 0.3 is 0 Å². The average molecular weight is 507 g/mol. The van der Waals surface area contributed by atoms with Gasteiger partial charge in [0, 0.05) is 47.7 Å². The number of nitrogen functional groups attached to an aromatic ring is 1. The molecule has 2 aliphatic rings. The van der Waals surface area contributed by atoms with Crippen LogP contribution in [-0.2, 0) is 19.5 Å². The van der Waals surface area contributed by atoms with Crippen molar-refractivity contribution >= 4 is 44.7 Å². The van der Waals surface area contributed by atoms with E-state index in [0.29, 0.717) is 33.6 Å². The predicted octanol–water partition coefficient (Wildman–Crippen LogP) is 4.85. The van der Waals surface area contributed by atoms with Crippen molar-refractivity contribution < 1.29 is 14.3 Å². The van der Waals surface area contributed by atoms with Crippen LogP contribution in [0.5, 0.6) is 11.5 Å². The quantitative estimate of drug-likeness (QED) is 0.411. The molecule has 0 radical (unpaired) electrons. The standard InChI is InChI=1S/C26H23ClN4O3S/c1-31-9-8-18-17(12-31)21(15-3-5-16(27)6-4-15)22-23(28)24(35-26(22)30-18)25(32)29-11-14-2-7-19-20(10-14)34-13-33-19/h2-7,10H,8-9,11-13,28H2,1H3,(H,29,32). The fraction of sp³-hybridized carbons (Fsp3) is 0.231. The van der Waals surface area contributed by atoms with Gasteiger partial charge in [0.05, 0.1) is 5.69 Å². The van der Waals surface area contributed by atoms with Crippen molar-refractivity contribution in [3.63, 3.8) is 0 Å². The van der Waals surface area contributed by atoms with Crippen molar-refractivity contribution in [2.75, 3.05) is 26.1 Å². The number of nitrogens with two attached hydrogens (primary N) is 1. The van der Waals surface area contributed by atoms with Crippen molar-refractivity contribution in [2.24, 2.45) is 0 Å². The molecule has 35 heavy (non-hydrogen) atoms. The zero-order chi connectivity index (χ0) is 24.1. The van der Waals surface area contributed by atoms with Crippen molar-refractivity contribution in [2.45, 2.75) is 19.5 Å². The summed E-state index contributed by atoms with van der Waals surface area (Å²) in [6, 6.07) is 13.4. The molecule has 0 bridgehead atoms. The summed E-state index contributed by atoms with van der Waals surface area (Å²) in [7, 11) is 2.10. The number of likely N-dealkylation sites (N-methyl/N-ethyl adjacent to an activating group) is 1. The Morgan fingerprint density at radius 1 is 1.20 bits per heavy atom. The number of hydrogen-bond acceptors (Lipinski definition) is 7. The highest BCUT2D eigenvalue weighted by molar-refractivity contribution is 7.21. The van der Waals surface area contributed by atoms with Crippen LogP contribution in [0.2, 0.25) is 5.02 Å². The first-order valence-corrected chi connectivity index (χ1v) is 12.5. The summed E-state index contributed by atoms with van der Waals surface area (Å²) in [5, 5.41) is 4.50. The van der Waals surface area contributed by atoms with E-state index in [1.807, 2.05) is 42.5 Å². The minimum absolute atomic E-state index is 0.214. The lowest BCUT2D eigenvalue weighted by Gasteiger charge is -2.27. The van der Waals surface area contributed by atoms with E-state index in [4.69, 9.17) is 31.8 Å². The first kappa shape index (κ1) is 22.2. The van der Waals surface area contributed by atoms with E-state index in [0.717, 1.165) is 57.7 Å². The van der Waals surface area contributed by atoms with Crippen LogP contribution < -0.4 is 20.5 Å². The number of rotatable bonds is 4. The maximum atomic E-state index is 13.2. The van der Waals surface area contributed by atoms with Gasteiger partial charge in [0.2, 0.25) is 6.79 Å². The van der Waals surface area contributed by atoms with Crippen LogP contribution in [0.3, 0.4) is 0 Å². The number of ether oxygens (including phenoxy) is 2. The molecule has 3 N–H and O–H groups in total. The van der Waals surface area contributed by atoms with Crippen molar-refractivity contribution in [1.82, 2.24) is 15.2 Å². The highest BCUT2D eigenvalue weighted by atomic mass is 35.5. The Morgan fingerprint density at radius 3 is 2.83 bits per heavy atom. The number of anilines is 1. The number of nitrogens with zero attached hydrogens (tertiary/aromatic N) is 2. The van der Waals surface area contributed by atoms with Gasteiger partial charge in [-0.1, -0.05) is 29.8 Å². The second kappa shape index (κ2) is 8.71. The number of halogens is 1. The number of carbonyl (C=O) groups is 1. The number of nitrogens with one attached hydrogen (secondary N) is 1. The summed E-state index contributed by atoms with van der Waals surface area (Å²) >= 11 is 7.51. The molecule has 0 aliphatic carbocycles. The molecule has 2 aliphatic heterocycles. The predicted molar refractivity (Wildman–Crippen MR) is 138 cm³/mol. The molecule has 0 unspecified atom stereocenters. The molecule has 0 fully saturated rings. The topological polar surface area (TPSA) is 89.7 Å². The first-order valence-electron chi connectivity index (χ1n) is 11.3. The summed E-state index contributed by atoms with van der Waals surface area (Å²) in [5.41, 5.74) is 12.3. The molecule has 0 spiro atoms. The summed E-state index contributed by atoms with van der Waals surface area (Å²) in [4.78, 5) is 21.7. The van der Waals surface area contributed by atoms with E-state index in [-0.39, 0.29) is 12.7 Å². The summed E-state index contributed by atoms with van der Waals surface area (Å²) in [6.45, 7) is 2.28. The number of pyridine rings is 1. The van der Waals surface area contributed by atoms with Crippen molar-refractivity contribution in [3.05, 3.63) is 69.2 Å². The van der Waals surface area contributed by atoms with Gasteiger partial charge < -0.3 is 25.4 Å². The number of amides is 1. The lowest BCUT2D eigenvalue weighted by molar-refractivity contribution is 0.0955. The Kier molecular flexibility index (Phi) is 5.51. The molecule has 2 aromatic heterocycles. The van der Waals surface area contributed by atoms with E-state index >= 15 is 0 Å². The Bertz CT molecular complexity index is 1470. The fourth-order valence-electron chi connectivity index (χ4n) is 4.68. The van der Waals surface area contributed by atoms with Gasteiger partial charge in [-0.15, -0.1) is 11.3 Å². The summed E-state index contributed by atoms with van der Waals surface area (Å²) < 4.78 is 10.8. The van der Waals surface area contributed by atoms with Gasteiger partial charge in [0.1, 0.15) is 9.71 Å². The molecular weight excluding hydrogens is 484 g/mol. The summed E-state index contributed by atoms with van der Waals surface area (Å²) in [6.07, 6.45) is 0.853. The van der Waals surface area contributed by atoms with Crippen molar-refractivity contribution in [3.8, 4) is 22.6 Å². The molecular formula is C26H23ClN4O3S. The monoisotopic (exact) mass is 506 g/mol. The molecule has 0 saturated heterocycles. The molecule has 1 amide bonds. The Morgan fingerprint density at radius 2 is 2.00 bits per heavy atom. The van der Waals surface area contributed by atoms with E-state index < -0.39 is 0 Å². The average Bonchev–Trinajstić information content (AvgIpc) is 3.46. The number of aromatic nitrogens is 1. The zero-order valence-electron chi connectivity index (χ0n) is 19.1. The largest absolute Gasteiger partial charge is 0.454 e. The third-order valence-corrected chi connectivity index (χ3v) is 7.80. The highest BCUT2D eigenvalue weighted by Crippen LogP contribution is 2.43. The van der Waals surface area contributed by atoms with Crippen LogP contribution in [-0.4, -0.2) is 36.2 Å². The second-order valence-electron chi connectivity index (χ2n) is 8.80. The molecule has 178 valence electrons. The van der Waals surface area contributed by atoms with Gasteiger partial charge in [-0.05, 0) is 48.0 Å². The smallest absolute Gasteiger partial charge is 0.263 e. The lowest BCUT2D eigenvalue weighted by Crippen LogP contribution is -2.28.